The predicted octanol–water partition coefficient (Wildman–Crippen LogP) is 2.35. The maximum atomic E-state index is 13.1. The van der Waals surface area contributed by atoms with E-state index in [9.17, 15) is 9.50 Å². The monoisotopic (exact) mass is 250 g/mol. The van der Waals surface area contributed by atoms with Gasteiger partial charge >= 0.3 is 0 Å². The second kappa shape index (κ2) is 4.50. The van der Waals surface area contributed by atoms with E-state index in [1.165, 1.54) is 18.7 Å². The molecule has 1 aliphatic carbocycles. The minimum Gasteiger partial charge on any atom is -0.389 e. The SMILES string of the molecule is OC12CCCCC1CN(c1ccnc(F)c1)CC2. The molecule has 3 rings (SSSR count). The van der Waals surface area contributed by atoms with Crippen molar-refractivity contribution in [3.63, 3.8) is 0 Å². The smallest absolute Gasteiger partial charge is 0.214 e. The highest BCUT2D eigenvalue weighted by atomic mass is 19.1. The largest absolute Gasteiger partial charge is 0.389 e. The molecule has 1 saturated heterocycles. The number of aliphatic hydroxyl groups is 1. The first-order valence-corrected chi connectivity index (χ1v) is 6.76. The molecule has 0 amide bonds. The summed E-state index contributed by atoms with van der Waals surface area (Å²) >= 11 is 0. The fourth-order valence-electron chi connectivity index (χ4n) is 3.39. The number of rotatable bonds is 1. The normalized spacial score (nSPS) is 32.1. The van der Waals surface area contributed by atoms with Crippen LogP contribution in [0, 0.1) is 11.9 Å². The first kappa shape index (κ1) is 11.9. The third-order valence-electron chi connectivity index (χ3n) is 4.50. The molecule has 0 aromatic carbocycles. The van der Waals surface area contributed by atoms with Gasteiger partial charge < -0.3 is 10.0 Å². The highest BCUT2D eigenvalue weighted by Gasteiger charge is 2.42. The Morgan fingerprint density at radius 3 is 3.11 bits per heavy atom. The zero-order chi connectivity index (χ0) is 12.6. The van der Waals surface area contributed by atoms with Gasteiger partial charge in [-0.15, -0.1) is 0 Å². The van der Waals surface area contributed by atoms with Gasteiger partial charge in [-0.05, 0) is 25.3 Å². The Morgan fingerprint density at radius 1 is 1.39 bits per heavy atom. The van der Waals surface area contributed by atoms with E-state index in [1.807, 2.05) is 6.07 Å². The minimum atomic E-state index is -0.472. The van der Waals surface area contributed by atoms with Gasteiger partial charge in [0.25, 0.3) is 0 Å². The van der Waals surface area contributed by atoms with E-state index in [0.717, 1.165) is 44.5 Å². The lowest BCUT2D eigenvalue weighted by molar-refractivity contribution is -0.0612. The quantitative estimate of drug-likeness (QED) is 0.777. The molecule has 18 heavy (non-hydrogen) atoms. The van der Waals surface area contributed by atoms with Crippen molar-refractivity contribution in [1.29, 1.82) is 0 Å². The third-order valence-corrected chi connectivity index (χ3v) is 4.50. The van der Waals surface area contributed by atoms with Gasteiger partial charge in [0.15, 0.2) is 0 Å². The van der Waals surface area contributed by atoms with Gasteiger partial charge in [0.2, 0.25) is 5.95 Å². The number of pyridine rings is 1. The van der Waals surface area contributed by atoms with Gasteiger partial charge in [-0.1, -0.05) is 12.8 Å². The fraction of sp³-hybridized carbons (Fsp3) is 0.643. The van der Waals surface area contributed by atoms with Crippen molar-refractivity contribution in [1.82, 2.24) is 4.98 Å². The summed E-state index contributed by atoms with van der Waals surface area (Å²) < 4.78 is 13.1. The van der Waals surface area contributed by atoms with Crippen molar-refractivity contribution in [2.75, 3.05) is 18.0 Å². The van der Waals surface area contributed by atoms with Crippen LogP contribution in [-0.2, 0) is 0 Å². The third kappa shape index (κ3) is 2.09. The Morgan fingerprint density at radius 2 is 2.28 bits per heavy atom. The first-order valence-electron chi connectivity index (χ1n) is 6.76. The molecular weight excluding hydrogens is 231 g/mol. The Bertz CT molecular complexity index is 440. The van der Waals surface area contributed by atoms with Crippen LogP contribution >= 0.6 is 0 Å². The minimum absolute atomic E-state index is 0.330. The van der Waals surface area contributed by atoms with Crippen LogP contribution in [0.2, 0.25) is 0 Å². The zero-order valence-electron chi connectivity index (χ0n) is 10.5. The maximum Gasteiger partial charge on any atom is 0.214 e. The van der Waals surface area contributed by atoms with Crippen LogP contribution in [0.25, 0.3) is 0 Å². The number of nitrogens with zero attached hydrogens (tertiary/aromatic N) is 2. The van der Waals surface area contributed by atoms with Crippen molar-refractivity contribution >= 4 is 5.69 Å². The summed E-state index contributed by atoms with van der Waals surface area (Å²) in [4.78, 5) is 5.76. The van der Waals surface area contributed by atoms with Gasteiger partial charge in [0.05, 0.1) is 5.60 Å². The van der Waals surface area contributed by atoms with Gasteiger partial charge in [0, 0.05) is 37.0 Å². The number of piperidine rings is 1. The number of fused-ring (bicyclic) bond motifs is 1. The van der Waals surface area contributed by atoms with Crippen molar-refractivity contribution in [3.05, 3.63) is 24.3 Å². The fourth-order valence-corrected chi connectivity index (χ4v) is 3.39. The molecule has 1 aromatic heterocycles. The molecule has 1 N–H and O–H groups in total. The molecule has 1 aliphatic heterocycles. The van der Waals surface area contributed by atoms with E-state index in [4.69, 9.17) is 0 Å². The lowest BCUT2D eigenvalue weighted by Crippen LogP contribution is -2.53. The summed E-state index contributed by atoms with van der Waals surface area (Å²) in [6.07, 6.45) is 6.65. The van der Waals surface area contributed by atoms with Crippen LogP contribution in [0.5, 0.6) is 0 Å². The predicted molar refractivity (Wildman–Crippen MR) is 67.9 cm³/mol. The molecule has 0 bridgehead atoms. The molecular formula is C14H19FN2O. The standard InChI is InChI=1S/C14H19FN2O/c15-13-9-12(4-7-16-13)17-8-6-14(18)5-2-1-3-11(14)10-17/h4,7,9,11,18H,1-3,5-6,8,10H2. The average Bonchev–Trinajstić information content (AvgIpc) is 2.37. The molecule has 3 nitrogen and oxygen atoms in total. The molecule has 0 spiro atoms. The maximum absolute atomic E-state index is 13.1. The topological polar surface area (TPSA) is 36.4 Å². The number of halogens is 1. The Hall–Kier alpha value is -1.16. The highest BCUT2D eigenvalue weighted by molar-refractivity contribution is 5.45. The van der Waals surface area contributed by atoms with E-state index in [0.29, 0.717) is 5.92 Å². The van der Waals surface area contributed by atoms with Crippen molar-refractivity contribution in [2.24, 2.45) is 5.92 Å². The number of hydrogen-bond acceptors (Lipinski definition) is 3. The summed E-state index contributed by atoms with van der Waals surface area (Å²) in [5.74, 6) is -0.104. The average molecular weight is 250 g/mol. The van der Waals surface area contributed by atoms with E-state index >= 15 is 0 Å². The molecule has 1 aromatic rings. The van der Waals surface area contributed by atoms with Crippen LogP contribution in [0.3, 0.4) is 0 Å². The Kier molecular flexibility index (Phi) is 2.98. The van der Waals surface area contributed by atoms with E-state index in [-0.39, 0.29) is 0 Å². The molecule has 2 fully saturated rings. The van der Waals surface area contributed by atoms with Gasteiger partial charge in [0.1, 0.15) is 0 Å². The summed E-state index contributed by atoms with van der Waals surface area (Å²) in [5.41, 5.74) is 0.412. The van der Waals surface area contributed by atoms with Crippen LogP contribution in [0.4, 0.5) is 10.1 Å². The Balaban J connectivity index is 1.77. The highest BCUT2D eigenvalue weighted by Crippen LogP contribution is 2.40. The molecule has 4 heteroatoms. The molecule has 2 heterocycles. The van der Waals surface area contributed by atoms with Gasteiger partial charge in [-0.3, -0.25) is 0 Å². The summed E-state index contributed by atoms with van der Waals surface area (Å²) in [6, 6.07) is 3.32. The lowest BCUT2D eigenvalue weighted by Gasteiger charge is -2.48. The Labute approximate surface area is 107 Å². The van der Waals surface area contributed by atoms with Crippen LogP contribution in [0.1, 0.15) is 32.1 Å². The summed E-state index contributed by atoms with van der Waals surface area (Å²) in [6.45, 7) is 1.64. The summed E-state index contributed by atoms with van der Waals surface area (Å²) in [7, 11) is 0. The first-order chi connectivity index (χ1) is 8.67. The number of aromatic nitrogens is 1. The molecule has 2 unspecified atom stereocenters. The molecule has 2 aliphatic rings. The van der Waals surface area contributed by atoms with Gasteiger partial charge in [-0.2, -0.15) is 4.39 Å². The van der Waals surface area contributed by atoms with Crippen LogP contribution in [-0.4, -0.2) is 28.8 Å². The summed E-state index contributed by atoms with van der Waals surface area (Å²) in [5, 5.41) is 10.6. The van der Waals surface area contributed by atoms with Crippen LogP contribution in [0.15, 0.2) is 18.3 Å². The molecule has 98 valence electrons. The molecule has 1 saturated carbocycles. The second-order valence-corrected chi connectivity index (χ2v) is 5.58. The second-order valence-electron chi connectivity index (χ2n) is 5.58. The number of anilines is 1. The van der Waals surface area contributed by atoms with Crippen molar-refractivity contribution in [3.8, 4) is 0 Å². The zero-order valence-corrected chi connectivity index (χ0v) is 10.5. The van der Waals surface area contributed by atoms with Gasteiger partial charge in [-0.25, -0.2) is 4.98 Å². The van der Waals surface area contributed by atoms with Crippen LogP contribution < -0.4 is 4.90 Å². The van der Waals surface area contributed by atoms with Crippen molar-refractivity contribution < 1.29 is 9.50 Å². The van der Waals surface area contributed by atoms with E-state index in [1.54, 1.807) is 0 Å². The van der Waals surface area contributed by atoms with Crippen molar-refractivity contribution in [2.45, 2.75) is 37.7 Å². The molecule has 0 radical (unpaired) electrons. The lowest BCUT2D eigenvalue weighted by atomic mass is 9.71. The van der Waals surface area contributed by atoms with E-state index < -0.39 is 11.5 Å². The number of hydrogen-bond donors (Lipinski definition) is 1. The van der Waals surface area contributed by atoms with E-state index in [2.05, 4.69) is 9.88 Å². The molecule has 2 atom stereocenters.